The van der Waals surface area contributed by atoms with Crippen LogP contribution < -0.4 is 13.2 Å². The van der Waals surface area contributed by atoms with Gasteiger partial charge in [-0.25, -0.2) is 0 Å². The van der Waals surface area contributed by atoms with Crippen LogP contribution >= 0.6 is 0 Å². The monoisotopic (exact) mass is 431 g/mol. The molecular weight excluding hydrogens is 401 g/mol. The third kappa shape index (κ3) is 3.03. The Morgan fingerprint density at radius 1 is 0.929 bits per heavy atom. The van der Waals surface area contributed by atoms with Gasteiger partial charge in [-0.1, -0.05) is 0 Å². The Hall–Kier alpha value is -1.91. The van der Waals surface area contributed by atoms with E-state index in [1.165, 1.54) is 64.3 Å². The minimum atomic E-state index is -2.03. The van der Waals surface area contributed by atoms with Crippen molar-refractivity contribution in [2.45, 2.75) is 36.7 Å². The van der Waals surface area contributed by atoms with Crippen molar-refractivity contribution in [2.24, 2.45) is 7.05 Å². The average Bonchev–Trinajstić information content (AvgIpc) is 3.19. The molecule has 5 rings (SSSR count). The molecule has 0 radical (unpaired) electrons. The van der Waals surface area contributed by atoms with Gasteiger partial charge in [0.25, 0.3) is 0 Å². The van der Waals surface area contributed by atoms with Gasteiger partial charge in [-0.2, -0.15) is 0 Å². The van der Waals surface area contributed by atoms with Gasteiger partial charge in [0.1, 0.15) is 0 Å². The Morgan fingerprint density at radius 3 is 2.50 bits per heavy atom. The Balaban J connectivity index is 1.63. The number of benzene rings is 2. The number of hydrogen-bond donors (Lipinski definition) is 1. The topological polar surface area (TPSA) is 15.9 Å². The normalized spacial score (nSPS) is 17.6. The van der Waals surface area contributed by atoms with E-state index in [9.17, 15) is 0 Å². The van der Waals surface area contributed by atoms with Crippen molar-refractivity contribution in [3.05, 3.63) is 71.9 Å². The van der Waals surface area contributed by atoms with Gasteiger partial charge < -0.3 is 0 Å². The van der Waals surface area contributed by atoms with Crippen molar-refractivity contribution in [1.82, 2.24) is 4.27 Å². The second kappa shape index (κ2) is 7.16. The maximum atomic E-state index is 4.05. The molecule has 2 nitrogen and oxygen atoms in total. The Morgan fingerprint density at radius 2 is 1.71 bits per heavy atom. The van der Waals surface area contributed by atoms with Crippen LogP contribution in [-0.2, 0) is 13.5 Å². The molecule has 1 fully saturated rings. The number of fused-ring (bicyclic) bond motifs is 2. The van der Waals surface area contributed by atoms with Crippen LogP contribution in [0.4, 0.5) is 0 Å². The SMILES string of the molecule is Cc1ccc(-c2ccccc2)cc1-c1cc2[c](c[n+]1C)[Ge]1([CH2]CC[CH2]1)[NH]CC2. The fourth-order valence-electron chi connectivity index (χ4n) is 5.26. The van der Waals surface area contributed by atoms with E-state index < -0.39 is 13.5 Å². The molecule has 3 aromatic rings. The van der Waals surface area contributed by atoms with Crippen LogP contribution in [0.15, 0.2) is 60.8 Å². The van der Waals surface area contributed by atoms with Crippen LogP contribution in [0.3, 0.4) is 0 Å². The molecule has 1 aromatic heterocycles. The van der Waals surface area contributed by atoms with Crippen LogP contribution in [0.5, 0.6) is 0 Å². The Kier molecular flexibility index (Phi) is 4.64. The third-order valence-electron chi connectivity index (χ3n) is 6.81. The van der Waals surface area contributed by atoms with Crippen molar-refractivity contribution < 1.29 is 4.57 Å². The molecule has 3 heterocycles. The molecule has 1 N–H and O–H groups in total. The molecule has 0 unspecified atom stereocenters. The summed E-state index contributed by atoms with van der Waals surface area (Å²) in [4.78, 5) is 0. The van der Waals surface area contributed by atoms with Crippen LogP contribution in [0.1, 0.15) is 24.0 Å². The maximum absolute atomic E-state index is 4.05. The number of hydrogen-bond acceptors (Lipinski definition) is 1. The molecule has 142 valence electrons. The summed E-state index contributed by atoms with van der Waals surface area (Å²) in [5.74, 6) is 0. The predicted molar refractivity (Wildman–Crippen MR) is 119 cm³/mol. The van der Waals surface area contributed by atoms with E-state index in [-0.39, 0.29) is 0 Å². The Bertz CT molecular complexity index is 1020. The first-order chi connectivity index (χ1) is 13.7. The first-order valence-electron chi connectivity index (χ1n) is 10.6. The van der Waals surface area contributed by atoms with Gasteiger partial charge in [0, 0.05) is 0 Å². The summed E-state index contributed by atoms with van der Waals surface area (Å²) < 4.78 is 8.18. The van der Waals surface area contributed by atoms with E-state index in [2.05, 4.69) is 83.6 Å². The Labute approximate surface area is 171 Å². The summed E-state index contributed by atoms with van der Waals surface area (Å²) in [6.07, 6.45) is 6.52. The van der Waals surface area contributed by atoms with E-state index in [4.69, 9.17) is 0 Å². The molecule has 3 heteroatoms. The predicted octanol–water partition coefficient (Wildman–Crippen LogP) is 4.25. The minimum absolute atomic E-state index is 1.17. The zero-order valence-electron chi connectivity index (χ0n) is 17.0. The zero-order chi connectivity index (χ0) is 19.1. The van der Waals surface area contributed by atoms with Crippen molar-refractivity contribution >= 4 is 17.9 Å². The van der Waals surface area contributed by atoms with Gasteiger partial charge in [0.15, 0.2) is 0 Å². The van der Waals surface area contributed by atoms with Crippen LogP contribution in [-0.4, -0.2) is 20.0 Å². The fourth-order valence-corrected chi connectivity index (χ4v) is 15.5. The number of nitrogens with one attached hydrogen (secondary N) is 1. The van der Waals surface area contributed by atoms with E-state index in [1.807, 2.05) is 0 Å². The van der Waals surface area contributed by atoms with Gasteiger partial charge in [-0.15, -0.1) is 0 Å². The molecule has 2 aromatic carbocycles. The standard InChI is InChI=1S/C25H29GeN2/c1-19-10-11-21(20-8-4-3-5-9-20)16-23(19)25-17-22-12-15-27-26(13-6-7-14-26)24(22)18-28(25)2/h3-5,8-11,16-18,27H,6-7,12-15H2,1-2H3/q+1. The summed E-state index contributed by atoms with van der Waals surface area (Å²) in [5, 5.41) is 2.93. The number of rotatable bonds is 2. The number of aromatic nitrogens is 1. The number of aryl methyl sites for hydroxylation is 2. The van der Waals surface area contributed by atoms with Gasteiger partial charge in [-0.05, 0) is 0 Å². The molecule has 0 aliphatic carbocycles. The summed E-state index contributed by atoms with van der Waals surface area (Å²) in [7, 11) is 2.24. The first-order valence-corrected chi connectivity index (χ1v) is 15.7. The molecule has 1 spiro atoms. The number of pyridine rings is 1. The molecule has 28 heavy (non-hydrogen) atoms. The van der Waals surface area contributed by atoms with Crippen LogP contribution in [0.25, 0.3) is 22.4 Å². The molecule has 0 saturated carbocycles. The first kappa shape index (κ1) is 18.1. The molecular formula is C25H29GeN2+. The summed E-state index contributed by atoms with van der Waals surface area (Å²) >= 11 is -2.03. The second-order valence-corrected chi connectivity index (χ2v) is 17.1. The van der Waals surface area contributed by atoms with Crippen molar-refractivity contribution in [1.29, 1.82) is 0 Å². The molecule has 0 amide bonds. The van der Waals surface area contributed by atoms with Crippen molar-refractivity contribution in [2.75, 3.05) is 6.54 Å². The van der Waals surface area contributed by atoms with Gasteiger partial charge in [0.05, 0.1) is 0 Å². The average molecular weight is 430 g/mol. The van der Waals surface area contributed by atoms with Crippen molar-refractivity contribution in [3.8, 4) is 22.4 Å². The number of nitrogens with zero attached hydrogens (tertiary/aromatic N) is 1. The molecule has 2 aliphatic rings. The van der Waals surface area contributed by atoms with Crippen molar-refractivity contribution in [3.63, 3.8) is 0 Å². The van der Waals surface area contributed by atoms with E-state index in [0.29, 0.717) is 0 Å². The van der Waals surface area contributed by atoms with E-state index >= 15 is 0 Å². The second-order valence-electron chi connectivity index (χ2n) is 8.57. The molecule has 0 atom stereocenters. The summed E-state index contributed by atoms with van der Waals surface area (Å²) in [6, 6.07) is 20.1. The van der Waals surface area contributed by atoms with Crippen LogP contribution in [0.2, 0.25) is 10.5 Å². The van der Waals surface area contributed by atoms with E-state index in [1.54, 1.807) is 9.96 Å². The summed E-state index contributed by atoms with van der Waals surface area (Å²) in [5.41, 5.74) is 8.27. The molecule has 2 aliphatic heterocycles. The fraction of sp³-hybridized carbons (Fsp3) is 0.320. The third-order valence-corrected chi connectivity index (χ3v) is 16.9. The van der Waals surface area contributed by atoms with Crippen LogP contribution in [0, 0.1) is 6.92 Å². The zero-order valence-corrected chi connectivity index (χ0v) is 19.1. The van der Waals surface area contributed by atoms with Gasteiger partial charge in [-0.3, -0.25) is 0 Å². The summed E-state index contributed by atoms with van der Waals surface area (Å²) in [6.45, 7) is 3.42. The van der Waals surface area contributed by atoms with E-state index in [0.717, 1.165) is 0 Å². The van der Waals surface area contributed by atoms with Gasteiger partial charge >= 0.3 is 171 Å². The molecule has 0 bridgehead atoms. The quantitative estimate of drug-likeness (QED) is 0.475. The molecule has 1 saturated heterocycles. The van der Waals surface area contributed by atoms with Gasteiger partial charge in [0.2, 0.25) is 0 Å².